The molecule has 1 aliphatic rings. The second-order valence-electron chi connectivity index (χ2n) is 6.31. The van der Waals surface area contributed by atoms with Crippen LogP contribution >= 0.6 is 0 Å². The van der Waals surface area contributed by atoms with Gasteiger partial charge >= 0.3 is 0 Å². The minimum Gasteiger partial charge on any atom is -0.348 e. The van der Waals surface area contributed by atoms with Crippen molar-refractivity contribution >= 4 is 16.7 Å². The molecule has 1 amide bonds. The van der Waals surface area contributed by atoms with Gasteiger partial charge in [-0.25, -0.2) is 4.68 Å². The van der Waals surface area contributed by atoms with Crippen LogP contribution in [0.2, 0.25) is 0 Å². The highest BCUT2D eigenvalue weighted by molar-refractivity contribution is 7.85. The van der Waals surface area contributed by atoms with Gasteiger partial charge in [0.1, 0.15) is 0 Å². The van der Waals surface area contributed by atoms with Crippen molar-refractivity contribution in [3.05, 3.63) is 72.4 Å². The van der Waals surface area contributed by atoms with Crippen molar-refractivity contribution in [1.82, 2.24) is 15.1 Å². The average molecular weight is 365 g/mol. The van der Waals surface area contributed by atoms with E-state index in [0.29, 0.717) is 17.1 Å². The highest BCUT2D eigenvalue weighted by atomic mass is 32.2. The Morgan fingerprint density at radius 1 is 1.12 bits per heavy atom. The predicted octanol–water partition coefficient (Wildman–Crippen LogP) is 2.79. The van der Waals surface area contributed by atoms with Crippen molar-refractivity contribution in [1.29, 1.82) is 0 Å². The molecule has 0 saturated carbocycles. The Balaban J connectivity index is 1.60. The highest BCUT2D eigenvalue weighted by Gasteiger charge is 2.23. The van der Waals surface area contributed by atoms with E-state index >= 15 is 0 Å². The average Bonchev–Trinajstić information content (AvgIpc) is 3.32. The van der Waals surface area contributed by atoms with Gasteiger partial charge in [0.25, 0.3) is 5.91 Å². The van der Waals surface area contributed by atoms with Gasteiger partial charge in [0.05, 0.1) is 17.6 Å². The number of amides is 1. The lowest BCUT2D eigenvalue weighted by molar-refractivity contribution is 0.0941. The summed E-state index contributed by atoms with van der Waals surface area (Å²) in [5, 5.41) is 7.40. The molecule has 3 aromatic rings. The van der Waals surface area contributed by atoms with Crippen LogP contribution in [0.1, 0.15) is 16.8 Å². The van der Waals surface area contributed by atoms with Crippen molar-refractivity contribution in [2.24, 2.45) is 0 Å². The van der Waals surface area contributed by atoms with E-state index in [-0.39, 0.29) is 11.9 Å². The van der Waals surface area contributed by atoms with Gasteiger partial charge < -0.3 is 5.32 Å². The number of benzene rings is 2. The zero-order valence-corrected chi connectivity index (χ0v) is 15.0. The van der Waals surface area contributed by atoms with E-state index in [1.807, 2.05) is 59.3 Å². The summed E-state index contributed by atoms with van der Waals surface area (Å²) in [5.41, 5.74) is 3.44. The first-order chi connectivity index (χ1) is 12.7. The third-order valence-electron chi connectivity index (χ3n) is 4.48. The molecule has 0 unspecified atom stereocenters. The molecule has 26 heavy (non-hydrogen) atoms. The number of nitrogens with zero attached hydrogens (tertiary/aromatic N) is 2. The molecule has 6 heteroatoms. The van der Waals surface area contributed by atoms with Crippen LogP contribution in [0.3, 0.4) is 0 Å². The number of carbonyl (C=O) groups excluding carboxylic acids is 1. The lowest BCUT2D eigenvalue weighted by atomic mass is 10.1. The van der Waals surface area contributed by atoms with Gasteiger partial charge in [-0.05, 0) is 30.7 Å². The van der Waals surface area contributed by atoms with Gasteiger partial charge in [-0.15, -0.1) is 0 Å². The van der Waals surface area contributed by atoms with Gasteiger partial charge in [-0.3, -0.25) is 9.00 Å². The molecule has 0 bridgehead atoms. The van der Waals surface area contributed by atoms with Crippen molar-refractivity contribution in [3.63, 3.8) is 0 Å². The summed E-state index contributed by atoms with van der Waals surface area (Å²) >= 11 is 0. The smallest absolute Gasteiger partial charge is 0.251 e. The Labute approximate surface area is 154 Å². The number of carbonyl (C=O) groups is 1. The SMILES string of the molecule is O=C(N[C@H]1CC[S@@](=O)C1)c1cccc(-n2nccc2-c2ccccc2)c1. The largest absolute Gasteiger partial charge is 0.348 e. The molecule has 1 N–H and O–H groups in total. The number of aromatic nitrogens is 2. The van der Waals surface area contributed by atoms with Gasteiger partial charge in [0, 0.05) is 39.5 Å². The van der Waals surface area contributed by atoms with Crippen LogP contribution in [0.4, 0.5) is 0 Å². The normalized spacial score (nSPS) is 19.4. The van der Waals surface area contributed by atoms with E-state index in [1.54, 1.807) is 12.3 Å². The molecule has 1 aromatic heterocycles. The molecular formula is C20H19N3O2S. The molecule has 1 fully saturated rings. The second kappa shape index (κ2) is 7.25. The fourth-order valence-corrected chi connectivity index (χ4v) is 4.58. The Hall–Kier alpha value is -2.73. The van der Waals surface area contributed by atoms with E-state index in [9.17, 15) is 9.00 Å². The summed E-state index contributed by atoms with van der Waals surface area (Å²) in [6.07, 6.45) is 2.53. The van der Waals surface area contributed by atoms with Crippen molar-refractivity contribution in [3.8, 4) is 16.9 Å². The summed E-state index contributed by atoms with van der Waals surface area (Å²) < 4.78 is 13.3. The molecule has 2 aromatic carbocycles. The van der Waals surface area contributed by atoms with E-state index < -0.39 is 10.8 Å². The maximum atomic E-state index is 12.5. The summed E-state index contributed by atoms with van der Waals surface area (Å²) in [6, 6.07) is 19.4. The number of hydrogen-bond acceptors (Lipinski definition) is 3. The predicted molar refractivity (Wildman–Crippen MR) is 103 cm³/mol. The maximum Gasteiger partial charge on any atom is 0.251 e. The molecule has 5 nitrogen and oxygen atoms in total. The Morgan fingerprint density at radius 2 is 1.96 bits per heavy atom. The van der Waals surface area contributed by atoms with Crippen molar-refractivity contribution in [2.45, 2.75) is 12.5 Å². The van der Waals surface area contributed by atoms with Crippen LogP contribution in [0.15, 0.2) is 66.9 Å². The van der Waals surface area contributed by atoms with Gasteiger partial charge in [-0.2, -0.15) is 5.10 Å². The van der Waals surface area contributed by atoms with Crippen LogP contribution in [0, 0.1) is 0 Å². The van der Waals surface area contributed by atoms with Crippen molar-refractivity contribution in [2.75, 3.05) is 11.5 Å². The molecule has 2 atom stereocenters. The quantitative estimate of drug-likeness (QED) is 0.773. The molecule has 1 saturated heterocycles. The van der Waals surface area contributed by atoms with Gasteiger partial charge in [-0.1, -0.05) is 36.4 Å². The van der Waals surface area contributed by atoms with E-state index in [4.69, 9.17) is 0 Å². The molecular weight excluding hydrogens is 346 g/mol. The first-order valence-corrected chi connectivity index (χ1v) is 10.1. The first kappa shape index (κ1) is 16.7. The number of nitrogens with one attached hydrogen (secondary N) is 1. The van der Waals surface area contributed by atoms with Crippen LogP contribution in [-0.4, -0.2) is 37.4 Å². The van der Waals surface area contributed by atoms with Crippen LogP contribution < -0.4 is 5.32 Å². The van der Waals surface area contributed by atoms with Gasteiger partial charge in [0.2, 0.25) is 0 Å². The van der Waals surface area contributed by atoms with Crippen LogP contribution in [-0.2, 0) is 10.8 Å². The number of hydrogen-bond donors (Lipinski definition) is 1. The molecule has 2 heterocycles. The third kappa shape index (κ3) is 3.46. The molecule has 0 radical (unpaired) electrons. The fourth-order valence-electron chi connectivity index (χ4n) is 3.16. The Morgan fingerprint density at radius 3 is 2.73 bits per heavy atom. The topological polar surface area (TPSA) is 64.0 Å². The third-order valence-corrected chi connectivity index (χ3v) is 5.95. The molecule has 4 rings (SSSR count). The summed E-state index contributed by atoms with van der Waals surface area (Å²) in [7, 11) is -0.808. The molecule has 1 aliphatic heterocycles. The zero-order chi connectivity index (χ0) is 17.9. The summed E-state index contributed by atoms with van der Waals surface area (Å²) in [6.45, 7) is 0. The monoisotopic (exact) mass is 365 g/mol. The molecule has 0 aliphatic carbocycles. The fraction of sp³-hybridized carbons (Fsp3) is 0.200. The van der Waals surface area contributed by atoms with Crippen LogP contribution in [0.25, 0.3) is 16.9 Å². The summed E-state index contributed by atoms with van der Waals surface area (Å²) in [4.78, 5) is 12.5. The first-order valence-electron chi connectivity index (χ1n) is 8.56. The molecule has 0 spiro atoms. The number of rotatable bonds is 4. The molecule has 132 valence electrons. The van der Waals surface area contributed by atoms with E-state index in [2.05, 4.69) is 10.4 Å². The van der Waals surface area contributed by atoms with E-state index in [0.717, 1.165) is 23.4 Å². The van der Waals surface area contributed by atoms with Crippen LogP contribution in [0.5, 0.6) is 0 Å². The maximum absolute atomic E-state index is 12.5. The highest BCUT2D eigenvalue weighted by Crippen LogP contribution is 2.22. The summed E-state index contributed by atoms with van der Waals surface area (Å²) in [5.74, 6) is 1.07. The lowest BCUT2D eigenvalue weighted by Gasteiger charge is -2.12. The van der Waals surface area contributed by atoms with Gasteiger partial charge in [0.15, 0.2) is 0 Å². The zero-order valence-electron chi connectivity index (χ0n) is 14.2. The lowest BCUT2D eigenvalue weighted by Crippen LogP contribution is -2.35. The van der Waals surface area contributed by atoms with E-state index in [1.165, 1.54) is 0 Å². The minimum absolute atomic E-state index is 0.00317. The van der Waals surface area contributed by atoms with Crippen molar-refractivity contribution < 1.29 is 9.00 Å². The standard InChI is InChI=1S/C20H19N3O2S/c24-20(22-17-10-12-26(25)14-17)16-7-4-8-18(13-16)23-19(9-11-21-23)15-5-2-1-3-6-15/h1-9,11,13,17H,10,12,14H2,(H,22,24)/t17-,26+/m0/s1. The Bertz CT molecular complexity index is 952. The second-order valence-corrected chi connectivity index (χ2v) is 7.94. The Kier molecular flexibility index (Phi) is 4.67. The minimum atomic E-state index is -0.808.